The third-order valence-electron chi connectivity index (χ3n) is 4.17. The van der Waals surface area contributed by atoms with Gasteiger partial charge in [0, 0.05) is 13.1 Å². The number of hydrogen-bond donors (Lipinski definition) is 1. The van der Waals surface area contributed by atoms with Crippen molar-refractivity contribution in [1.29, 1.82) is 0 Å². The second kappa shape index (κ2) is 5.88. The fourth-order valence-electron chi connectivity index (χ4n) is 2.83. The van der Waals surface area contributed by atoms with Gasteiger partial charge in [-0.25, -0.2) is 17.2 Å². The van der Waals surface area contributed by atoms with E-state index in [0.29, 0.717) is 5.92 Å². The van der Waals surface area contributed by atoms with Gasteiger partial charge in [-0.2, -0.15) is 4.31 Å². The summed E-state index contributed by atoms with van der Waals surface area (Å²) in [6.07, 6.45) is 3.51. The molecule has 21 heavy (non-hydrogen) atoms. The molecule has 1 aromatic rings. The second-order valence-electron chi connectivity index (χ2n) is 5.72. The van der Waals surface area contributed by atoms with E-state index in [1.807, 2.05) is 0 Å². The molecule has 1 aromatic carbocycles. The standard InChI is InChI=1S/C14H20F2N2O2S/c1-9-4-3-5-10(8-9)18(2)21(19,20)12-7-6-11(15)14(17)13(12)16/h6-7,9-10H,3-5,8,17H2,1-2H3. The Morgan fingerprint density at radius 3 is 2.57 bits per heavy atom. The van der Waals surface area contributed by atoms with E-state index in [2.05, 4.69) is 6.92 Å². The van der Waals surface area contributed by atoms with Crippen molar-refractivity contribution < 1.29 is 17.2 Å². The Morgan fingerprint density at radius 1 is 1.29 bits per heavy atom. The molecule has 0 spiro atoms. The zero-order valence-electron chi connectivity index (χ0n) is 12.1. The van der Waals surface area contributed by atoms with Crippen LogP contribution in [-0.4, -0.2) is 25.8 Å². The molecule has 118 valence electrons. The van der Waals surface area contributed by atoms with Gasteiger partial charge in [0.1, 0.15) is 16.4 Å². The van der Waals surface area contributed by atoms with Gasteiger partial charge in [-0.1, -0.05) is 19.8 Å². The van der Waals surface area contributed by atoms with Gasteiger partial charge in [0.2, 0.25) is 10.0 Å². The molecule has 7 heteroatoms. The summed E-state index contributed by atoms with van der Waals surface area (Å²) < 4.78 is 53.4. The second-order valence-corrected chi connectivity index (χ2v) is 7.69. The van der Waals surface area contributed by atoms with Crippen LogP contribution in [0.1, 0.15) is 32.6 Å². The summed E-state index contributed by atoms with van der Waals surface area (Å²) in [5.74, 6) is -1.74. The van der Waals surface area contributed by atoms with Crippen LogP contribution in [0.25, 0.3) is 0 Å². The summed E-state index contributed by atoms with van der Waals surface area (Å²) in [6, 6.07) is 1.64. The Hall–Kier alpha value is -1.21. The third-order valence-corrected chi connectivity index (χ3v) is 6.10. The number of anilines is 1. The van der Waals surface area contributed by atoms with E-state index in [9.17, 15) is 17.2 Å². The van der Waals surface area contributed by atoms with Crippen molar-refractivity contribution in [2.75, 3.05) is 12.8 Å². The van der Waals surface area contributed by atoms with E-state index in [1.54, 1.807) is 0 Å². The molecule has 1 saturated carbocycles. The molecular formula is C14H20F2N2O2S. The number of halogens is 2. The van der Waals surface area contributed by atoms with Crippen molar-refractivity contribution in [3.05, 3.63) is 23.8 Å². The van der Waals surface area contributed by atoms with E-state index in [-0.39, 0.29) is 6.04 Å². The third kappa shape index (κ3) is 3.03. The number of hydrogen-bond acceptors (Lipinski definition) is 3. The maximum atomic E-state index is 14.0. The highest BCUT2D eigenvalue weighted by Gasteiger charge is 2.33. The molecule has 0 radical (unpaired) electrons. The maximum absolute atomic E-state index is 14.0. The van der Waals surface area contributed by atoms with E-state index < -0.39 is 32.2 Å². The lowest BCUT2D eigenvalue weighted by molar-refractivity contribution is 0.238. The number of nitrogen functional groups attached to an aromatic ring is 1. The summed E-state index contributed by atoms with van der Waals surface area (Å²) in [7, 11) is -2.58. The van der Waals surface area contributed by atoms with E-state index in [0.717, 1.165) is 37.8 Å². The first kappa shape index (κ1) is 16.2. The molecule has 0 heterocycles. The van der Waals surface area contributed by atoms with Crippen LogP contribution >= 0.6 is 0 Å². The molecule has 2 unspecified atom stereocenters. The quantitative estimate of drug-likeness (QED) is 0.872. The Kier molecular flexibility index (Phi) is 4.53. The molecule has 2 rings (SSSR count). The summed E-state index contributed by atoms with van der Waals surface area (Å²) in [4.78, 5) is -0.567. The van der Waals surface area contributed by atoms with E-state index in [4.69, 9.17) is 5.73 Å². The molecule has 2 atom stereocenters. The first-order valence-electron chi connectivity index (χ1n) is 6.96. The number of nitrogens with two attached hydrogens (primary N) is 1. The Labute approximate surface area is 124 Å². The molecule has 0 aliphatic heterocycles. The molecular weight excluding hydrogens is 298 g/mol. The summed E-state index contributed by atoms with van der Waals surface area (Å²) >= 11 is 0. The van der Waals surface area contributed by atoms with Crippen molar-refractivity contribution in [2.45, 2.75) is 43.5 Å². The maximum Gasteiger partial charge on any atom is 0.246 e. The summed E-state index contributed by atoms with van der Waals surface area (Å²) in [5, 5.41) is 0. The first-order chi connectivity index (χ1) is 9.75. The fraction of sp³-hybridized carbons (Fsp3) is 0.571. The molecule has 0 aromatic heterocycles. The zero-order chi connectivity index (χ0) is 15.8. The van der Waals surface area contributed by atoms with Crippen molar-refractivity contribution in [3.63, 3.8) is 0 Å². The molecule has 1 aliphatic carbocycles. The van der Waals surface area contributed by atoms with Crippen LogP contribution in [0.15, 0.2) is 17.0 Å². The van der Waals surface area contributed by atoms with Gasteiger partial charge in [0.15, 0.2) is 5.82 Å². The molecule has 2 N–H and O–H groups in total. The van der Waals surface area contributed by atoms with Crippen LogP contribution in [0, 0.1) is 17.6 Å². The Bertz CT molecular complexity index is 634. The largest absolute Gasteiger partial charge is 0.394 e. The SMILES string of the molecule is CC1CCCC(N(C)S(=O)(=O)c2ccc(F)c(N)c2F)C1. The van der Waals surface area contributed by atoms with Crippen LogP contribution < -0.4 is 5.73 Å². The van der Waals surface area contributed by atoms with Gasteiger partial charge in [-0.3, -0.25) is 0 Å². The molecule has 0 amide bonds. The van der Waals surface area contributed by atoms with Crippen molar-refractivity contribution in [1.82, 2.24) is 4.31 Å². The predicted molar refractivity (Wildman–Crippen MR) is 77.1 cm³/mol. The van der Waals surface area contributed by atoms with Crippen LogP contribution in [-0.2, 0) is 10.0 Å². The van der Waals surface area contributed by atoms with Crippen molar-refractivity contribution >= 4 is 15.7 Å². The lowest BCUT2D eigenvalue weighted by Gasteiger charge is -2.33. The lowest BCUT2D eigenvalue weighted by atomic mass is 9.87. The van der Waals surface area contributed by atoms with Crippen LogP contribution in [0.2, 0.25) is 0 Å². The zero-order valence-corrected chi connectivity index (χ0v) is 13.0. The molecule has 1 fully saturated rings. The minimum Gasteiger partial charge on any atom is -0.394 e. The average molecular weight is 318 g/mol. The number of rotatable bonds is 3. The van der Waals surface area contributed by atoms with Gasteiger partial charge < -0.3 is 5.73 Å². The van der Waals surface area contributed by atoms with Crippen molar-refractivity contribution in [2.24, 2.45) is 5.92 Å². The lowest BCUT2D eigenvalue weighted by Crippen LogP contribution is -2.40. The minimum absolute atomic E-state index is 0.163. The molecule has 0 bridgehead atoms. The highest BCUT2D eigenvalue weighted by molar-refractivity contribution is 7.89. The van der Waals surface area contributed by atoms with Crippen molar-refractivity contribution in [3.8, 4) is 0 Å². The Balaban J connectivity index is 2.35. The normalized spacial score (nSPS) is 23.5. The van der Waals surface area contributed by atoms with Crippen LogP contribution in [0.5, 0.6) is 0 Å². The monoisotopic (exact) mass is 318 g/mol. The highest BCUT2D eigenvalue weighted by Crippen LogP contribution is 2.31. The van der Waals surface area contributed by atoms with E-state index >= 15 is 0 Å². The topological polar surface area (TPSA) is 63.4 Å². The minimum atomic E-state index is -4.02. The highest BCUT2D eigenvalue weighted by atomic mass is 32.2. The van der Waals surface area contributed by atoms with Gasteiger partial charge in [0.05, 0.1) is 0 Å². The van der Waals surface area contributed by atoms with Crippen LogP contribution in [0.4, 0.5) is 14.5 Å². The number of sulfonamides is 1. The molecule has 4 nitrogen and oxygen atoms in total. The fourth-order valence-corrected chi connectivity index (χ4v) is 4.30. The summed E-state index contributed by atoms with van der Waals surface area (Å²) in [6.45, 7) is 2.07. The molecule has 0 saturated heterocycles. The number of nitrogens with zero attached hydrogens (tertiary/aromatic N) is 1. The van der Waals surface area contributed by atoms with Gasteiger partial charge in [0.25, 0.3) is 0 Å². The van der Waals surface area contributed by atoms with Crippen LogP contribution in [0.3, 0.4) is 0 Å². The summed E-state index contributed by atoms with van der Waals surface area (Å²) in [5.41, 5.74) is 4.48. The van der Waals surface area contributed by atoms with E-state index in [1.165, 1.54) is 11.4 Å². The molecule has 1 aliphatic rings. The predicted octanol–water partition coefficient (Wildman–Crippen LogP) is 2.75. The Morgan fingerprint density at radius 2 is 1.95 bits per heavy atom. The van der Waals surface area contributed by atoms with Gasteiger partial charge in [-0.15, -0.1) is 0 Å². The smallest absolute Gasteiger partial charge is 0.246 e. The van der Waals surface area contributed by atoms with Gasteiger partial charge in [-0.05, 0) is 30.9 Å². The van der Waals surface area contributed by atoms with Gasteiger partial charge >= 0.3 is 0 Å². The average Bonchev–Trinajstić information content (AvgIpc) is 2.43. The first-order valence-corrected chi connectivity index (χ1v) is 8.40. The number of benzene rings is 1.